The van der Waals surface area contributed by atoms with Gasteiger partial charge in [0.05, 0.1) is 10.6 Å². The third-order valence-electron chi connectivity index (χ3n) is 3.76. The quantitative estimate of drug-likeness (QED) is 0.395. The van der Waals surface area contributed by atoms with Gasteiger partial charge in [-0.25, -0.2) is 4.90 Å². The molecule has 3 rings (SSSR count). The lowest BCUT2D eigenvalue weighted by atomic mass is 9.87. The third kappa shape index (κ3) is 2.30. The molecule has 0 saturated carbocycles. The number of non-ortho nitro benzene ring substituents is 1. The Labute approximate surface area is 135 Å². The van der Waals surface area contributed by atoms with Crippen molar-refractivity contribution in [3.8, 4) is 0 Å². The number of carbonyl (C=O) groups excluding carboxylic acids is 3. The van der Waals surface area contributed by atoms with Crippen LogP contribution >= 0.6 is 0 Å². The molecule has 8 heteroatoms. The number of primary amides is 1. The Morgan fingerprint density at radius 1 is 1.12 bits per heavy atom. The number of carbonyl (C=O) groups is 3. The number of rotatable bonds is 3. The minimum absolute atomic E-state index is 0.0138. The van der Waals surface area contributed by atoms with E-state index in [0.29, 0.717) is 0 Å². The van der Waals surface area contributed by atoms with Crippen LogP contribution in [0.3, 0.4) is 0 Å². The molecule has 2 aromatic rings. The SMILES string of the molecule is NC(=O)C1C(=O)N(c2cccc([N+](=O)[O-])c2)C(=O)c2ccccc21. The van der Waals surface area contributed by atoms with Gasteiger partial charge in [-0.2, -0.15) is 0 Å². The van der Waals surface area contributed by atoms with Gasteiger partial charge in [-0.05, 0) is 17.7 Å². The number of hydrogen-bond donors (Lipinski definition) is 1. The molecule has 1 heterocycles. The van der Waals surface area contributed by atoms with Crippen LogP contribution in [0.15, 0.2) is 48.5 Å². The maximum atomic E-state index is 12.7. The molecule has 1 atom stereocenters. The number of nitrogens with two attached hydrogens (primary N) is 1. The number of amides is 3. The van der Waals surface area contributed by atoms with E-state index >= 15 is 0 Å². The van der Waals surface area contributed by atoms with Crippen LogP contribution in [0.4, 0.5) is 11.4 Å². The highest BCUT2D eigenvalue weighted by Crippen LogP contribution is 2.33. The second-order valence-corrected chi connectivity index (χ2v) is 5.18. The number of nitro benzene ring substituents is 1. The van der Waals surface area contributed by atoms with Gasteiger partial charge < -0.3 is 5.73 Å². The highest BCUT2D eigenvalue weighted by molar-refractivity contribution is 6.30. The van der Waals surface area contributed by atoms with Gasteiger partial charge in [0.15, 0.2) is 0 Å². The number of imide groups is 1. The van der Waals surface area contributed by atoms with E-state index in [1.54, 1.807) is 12.1 Å². The smallest absolute Gasteiger partial charge is 0.271 e. The first-order valence-corrected chi connectivity index (χ1v) is 6.93. The predicted octanol–water partition coefficient (Wildman–Crippen LogP) is 1.35. The second-order valence-electron chi connectivity index (χ2n) is 5.18. The third-order valence-corrected chi connectivity index (χ3v) is 3.76. The van der Waals surface area contributed by atoms with E-state index in [4.69, 9.17) is 5.73 Å². The molecule has 2 N–H and O–H groups in total. The van der Waals surface area contributed by atoms with E-state index in [-0.39, 0.29) is 22.5 Å². The fourth-order valence-corrected chi connectivity index (χ4v) is 2.69. The highest BCUT2D eigenvalue weighted by atomic mass is 16.6. The predicted molar refractivity (Wildman–Crippen MR) is 83.3 cm³/mol. The first kappa shape index (κ1) is 15.3. The molecule has 3 amide bonds. The van der Waals surface area contributed by atoms with E-state index in [2.05, 4.69) is 0 Å². The van der Waals surface area contributed by atoms with Gasteiger partial charge in [0.25, 0.3) is 17.5 Å². The molecule has 1 aliphatic heterocycles. The number of anilines is 1. The lowest BCUT2D eigenvalue weighted by molar-refractivity contribution is -0.384. The average Bonchev–Trinajstić information content (AvgIpc) is 2.55. The molecule has 0 saturated heterocycles. The second kappa shape index (κ2) is 5.58. The summed E-state index contributed by atoms with van der Waals surface area (Å²) in [5.41, 5.74) is 5.47. The lowest BCUT2D eigenvalue weighted by Gasteiger charge is -2.30. The van der Waals surface area contributed by atoms with Crippen molar-refractivity contribution in [1.82, 2.24) is 0 Å². The fraction of sp³-hybridized carbons (Fsp3) is 0.0625. The molecule has 2 aromatic carbocycles. The van der Waals surface area contributed by atoms with Crippen LogP contribution in [0.1, 0.15) is 21.8 Å². The van der Waals surface area contributed by atoms with Crippen LogP contribution in [0, 0.1) is 10.1 Å². The summed E-state index contributed by atoms with van der Waals surface area (Å²) in [5.74, 6) is -3.70. The van der Waals surface area contributed by atoms with Crippen molar-refractivity contribution in [1.29, 1.82) is 0 Å². The average molecular weight is 325 g/mol. The topological polar surface area (TPSA) is 124 Å². The summed E-state index contributed by atoms with van der Waals surface area (Å²) in [7, 11) is 0. The van der Waals surface area contributed by atoms with Crippen LogP contribution < -0.4 is 10.6 Å². The Balaban J connectivity index is 2.18. The first-order valence-electron chi connectivity index (χ1n) is 6.93. The zero-order chi connectivity index (χ0) is 17.4. The largest absolute Gasteiger partial charge is 0.369 e. The molecular weight excluding hydrogens is 314 g/mol. The Morgan fingerprint density at radius 3 is 2.50 bits per heavy atom. The summed E-state index contributed by atoms with van der Waals surface area (Å²) in [6.45, 7) is 0. The number of nitro groups is 1. The molecule has 1 unspecified atom stereocenters. The minimum Gasteiger partial charge on any atom is -0.369 e. The molecule has 0 fully saturated rings. The number of hydrogen-bond acceptors (Lipinski definition) is 5. The van der Waals surface area contributed by atoms with Crippen LogP contribution in [0.5, 0.6) is 0 Å². The van der Waals surface area contributed by atoms with Gasteiger partial charge in [0.1, 0.15) is 5.92 Å². The van der Waals surface area contributed by atoms with Crippen molar-refractivity contribution in [2.45, 2.75) is 5.92 Å². The number of fused-ring (bicyclic) bond motifs is 1. The van der Waals surface area contributed by atoms with Gasteiger partial charge in [-0.3, -0.25) is 24.5 Å². The molecule has 0 aliphatic carbocycles. The van der Waals surface area contributed by atoms with E-state index in [1.807, 2.05) is 0 Å². The molecule has 0 aromatic heterocycles. The normalized spacial score (nSPS) is 16.7. The Hall–Kier alpha value is -3.55. The molecule has 120 valence electrons. The summed E-state index contributed by atoms with van der Waals surface area (Å²) in [4.78, 5) is 48.1. The summed E-state index contributed by atoms with van der Waals surface area (Å²) in [5, 5.41) is 10.9. The molecule has 24 heavy (non-hydrogen) atoms. The molecule has 1 aliphatic rings. The Morgan fingerprint density at radius 2 is 1.83 bits per heavy atom. The van der Waals surface area contributed by atoms with Crippen molar-refractivity contribution in [2.75, 3.05) is 4.90 Å². The highest BCUT2D eigenvalue weighted by Gasteiger charge is 2.42. The van der Waals surface area contributed by atoms with Crippen molar-refractivity contribution < 1.29 is 19.3 Å². The van der Waals surface area contributed by atoms with Crippen molar-refractivity contribution >= 4 is 29.1 Å². The van der Waals surface area contributed by atoms with E-state index in [0.717, 1.165) is 11.0 Å². The molecule has 8 nitrogen and oxygen atoms in total. The van der Waals surface area contributed by atoms with E-state index < -0.39 is 28.6 Å². The standard InChI is InChI=1S/C16H11N3O5/c17-14(20)13-11-6-1-2-7-12(11)15(21)18(16(13)22)9-4-3-5-10(8-9)19(23)24/h1-8,13H,(H2,17,20). The maximum absolute atomic E-state index is 12.7. The molecular formula is C16H11N3O5. The van der Waals surface area contributed by atoms with Gasteiger partial charge in [0.2, 0.25) is 5.91 Å². The van der Waals surface area contributed by atoms with Crippen molar-refractivity contribution in [2.24, 2.45) is 5.73 Å². The molecule has 0 radical (unpaired) electrons. The van der Waals surface area contributed by atoms with Gasteiger partial charge in [-0.1, -0.05) is 24.3 Å². The Bertz CT molecular complexity index is 893. The lowest BCUT2D eigenvalue weighted by Crippen LogP contribution is -2.48. The summed E-state index contributed by atoms with van der Waals surface area (Å²) < 4.78 is 0. The van der Waals surface area contributed by atoms with E-state index in [9.17, 15) is 24.5 Å². The van der Waals surface area contributed by atoms with Crippen molar-refractivity contribution in [3.63, 3.8) is 0 Å². The van der Waals surface area contributed by atoms with Crippen LogP contribution in [0.25, 0.3) is 0 Å². The van der Waals surface area contributed by atoms with Gasteiger partial charge in [0, 0.05) is 17.7 Å². The molecule has 0 bridgehead atoms. The fourth-order valence-electron chi connectivity index (χ4n) is 2.69. The summed E-state index contributed by atoms with van der Waals surface area (Å²) in [6.07, 6.45) is 0. The Kier molecular flexibility index (Phi) is 3.57. The molecule has 0 spiro atoms. The summed E-state index contributed by atoms with van der Waals surface area (Å²) >= 11 is 0. The van der Waals surface area contributed by atoms with Crippen molar-refractivity contribution in [3.05, 3.63) is 69.8 Å². The van der Waals surface area contributed by atoms with Crippen LogP contribution in [0.2, 0.25) is 0 Å². The van der Waals surface area contributed by atoms with Gasteiger partial charge >= 0.3 is 0 Å². The van der Waals surface area contributed by atoms with Gasteiger partial charge in [-0.15, -0.1) is 0 Å². The monoisotopic (exact) mass is 325 g/mol. The minimum atomic E-state index is -1.32. The number of benzene rings is 2. The van der Waals surface area contributed by atoms with Crippen LogP contribution in [-0.2, 0) is 9.59 Å². The maximum Gasteiger partial charge on any atom is 0.271 e. The first-order chi connectivity index (χ1) is 11.4. The number of nitrogens with zero attached hydrogens (tertiary/aromatic N) is 2. The van der Waals surface area contributed by atoms with Crippen LogP contribution in [-0.4, -0.2) is 22.6 Å². The zero-order valence-electron chi connectivity index (χ0n) is 12.2. The zero-order valence-corrected chi connectivity index (χ0v) is 12.2. The summed E-state index contributed by atoms with van der Waals surface area (Å²) in [6, 6.07) is 11.2. The van der Waals surface area contributed by atoms with E-state index in [1.165, 1.54) is 30.3 Å².